The molecule has 0 aromatic carbocycles. The third-order valence-electron chi connectivity index (χ3n) is 4.07. The molecule has 2 N–H and O–H groups in total. The molecule has 0 radical (unpaired) electrons. The summed E-state index contributed by atoms with van der Waals surface area (Å²) < 4.78 is 0. The van der Waals surface area contributed by atoms with Crippen LogP contribution in [0.1, 0.15) is 52.4 Å². The lowest BCUT2D eigenvalue weighted by molar-refractivity contribution is 0.269. The molecular weight excluding hydrogens is 248 g/mol. The molecule has 0 atom stereocenters. The number of hydrogen-bond acceptors (Lipinski definition) is 4. The number of nitrogens with one attached hydrogen (secondary N) is 2. The summed E-state index contributed by atoms with van der Waals surface area (Å²) in [7, 11) is 0. The van der Waals surface area contributed by atoms with Crippen molar-refractivity contribution in [3.05, 3.63) is 11.4 Å². The first-order valence-electron chi connectivity index (χ1n) is 7.61. The second-order valence-electron chi connectivity index (χ2n) is 6.52. The Morgan fingerprint density at radius 1 is 1.05 bits per heavy atom. The zero-order valence-electron chi connectivity index (χ0n) is 14.1. The molecule has 4 nitrogen and oxygen atoms in total. The van der Waals surface area contributed by atoms with Crippen LogP contribution in [0.4, 0.5) is 11.6 Å². The van der Waals surface area contributed by atoms with E-state index in [2.05, 4.69) is 62.1 Å². The zero-order valence-corrected chi connectivity index (χ0v) is 14.1. The maximum absolute atomic E-state index is 4.54. The monoisotopic (exact) mass is 278 g/mol. The molecule has 0 amide bonds. The molecule has 0 aliphatic heterocycles. The maximum Gasteiger partial charge on any atom is 0.134 e. The molecule has 0 aliphatic carbocycles. The summed E-state index contributed by atoms with van der Waals surface area (Å²) in [4.78, 5) is 9.03. The normalized spacial score (nSPS) is 11.8. The van der Waals surface area contributed by atoms with E-state index in [1.54, 1.807) is 0 Å². The van der Waals surface area contributed by atoms with Crippen molar-refractivity contribution < 1.29 is 0 Å². The summed E-state index contributed by atoms with van der Waals surface area (Å²) >= 11 is 0. The molecule has 0 bridgehead atoms. The predicted molar refractivity (Wildman–Crippen MR) is 87.4 cm³/mol. The molecule has 0 spiro atoms. The third kappa shape index (κ3) is 4.36. The molecule has 1 aromatic heterocycles. The van der Waals surface area contributed by atoms with Gasteiger partial charge in [0.25, 0.3) is 0 Å². The molecule has 0 saturated heterocycles. The van der Waals surface area contributed by atoms with Crippen LogP contribution < -0.4 is 10.6 Å². The van der Waals surface area contributed by atoms with Crippen LogP contribution in [0.2, 0.25) is 0 Å². The van der Waals surface area contributed by atoms with Crippen LogP contribution in [-0.4, -0.2) is 23.1 Å². The van der Waals surface area contributed by atoms with Gasteiger partial charge in [0, 0.05) is 18.7 Å². The van der Waals surface area contributed by atoms with Gasteiger partial charge in [-0.15, -0.1) is 0 Å². The highest BCUT2D eigenvalue weighted by molar-refractivity contribution is 5.57. The standard InChI is InChI=1S/C16H30N4/c1-8-9-17-14-12(4)15(20-13(5)19-14)18-10-16(6,7)11(2)3/h11H,8-10H2,1-7H3,(H2,17,18,19,20). The van der Waals surface area contributed by atoms with Gasteiger partial charge in [-0.2, -0.15) is 0 Å². The number of aryl methyl sites for hydroxylation is 1. The molecule has 0 aliphatic rings. The van der Waals surface area contributed by atoms with Crippen LogP contribution in [0.5, 0.6) is 0 Å². The van der Waals surface area contributed by atoms with Gasteiger partial charge in [0.2, 0.25) is 0 Å². The van der Waals surface area contributed by atoms with Gasteiger partial charge in [0.1, 0.15) is 17.5 Å². The quantitative estimate of drug-likeness (QED) is 0.791. The van der Waals surface area contributed by atoms with Crippen LogP contribution in [0.15, 0.2) is 0 Å². The Morgan fingerprint density at radius 3 is 2.10 bits per heavy atom. The van der Waals surface area contributed by atoms with Crippen LogP contribution in [0.25, 0.3) is 0 Å². The molecule has 20 heavy (non-hydrogen) atoms. The van der Waals surface area contributed by atoms with Gasteiger partial charge in [0.05, 0.1) is 0 Å². The minimum Gasteiger partial charge on any atom is -0.370 e. The fraction of sp³-hybridized carbons (Fsp3) is 0.750. The van der Waals surface area contributed by atoms with E-state index in [1.807, 2.05) is 6.92 Å². The number of aromatic nitrogens is 2. The highest BCUT2D eigenvalue weighted by atomic mass is 15.1. The van der Waals surface area contributed by atoms with Crippen molar-refractivity contribution in [1.82, 2.24) is 9.97 Å². The number of hydrogen-bond donors (Lipinski definition) is 2. The SMILES string of the molecule is CCCNc1nc(C)nc(NCC(C)(C)C(C)C)c1C. The Hall–Kier alpha value is -1.32. The van der Waals surface area contributed by atoms with E-state index in [1.165, 1.54) is 0 Å². The minimum absolute atomic E-state index is 0.238. The van der Waals surface area contributed by atoms with Gasteiger partial charge in [-0.1, -0.05) is 34.6 Å². The number of rotatable bonds is 7. The summed E-state index contributed by atoms with van der Waals surface area (Å²) in [5.74, 6) is 3.32. The Balaban J connectivity index is 2.87. The van der Waals surface area contributed by atoms with Crippen molar-refractivity contribution in [3.63, 3.8) is 0 Å². The highest BCUT2D eigenvalue weighted by Gasteiger charge is 2.22. The second kappa shape index (κ2) is 6.91. The first-order valence-corrected chi connectivity index (χ1v) is 7.61. The molecule has 0 fully saturated rings. The largest absolute Gasteiger partial charge is 0.370 e. The molecular formula is C16H30N4. The lowest BCUT2D eigenvalue weighted by Gasteiger charge is -2.30. The molecule has 1 heterocycles. The highest BCUT2D eigenvalue weighted by Crippen LogP contribution is 2.27. The first-order chi connectivity index (χ1) is 9.27. The molecule has 4 heteroatoms. The summed E-state index contributed by atoms with van der Waals surface area (Å²) in [6.45, 7) is 17.1. The van der Waals surface area contributed by atoms with Crippen molar-refractivity contribution in [1.29, 1.82) is 0 Å². The third-order valence-corrected chi connectivity index (χ3v) is 4.07. The van der Waals surface area contributed by atoms with Crippen LogP contribution in [0, 0.1) is 25.2 Å². The fourth-order valence-corrected chi connectivity index (χ4v) is 1.73. The van der Waals surface area contributed by atoms with Crippen molar-refractivity contribution in [2.45, 2.75) is 54.9 Å². The van der Waals surface area contributed by atoms with Crippen LogP contribution in [0.3, 0.4) is 0 Å². The lowest BCUT2D eigenvalue weighted by atomic mass is 9.81. The molecule has 1 rings (SSSR count). The summed E-state index contributed by atoms with van der Waals surface area (Å²) in [5, 5.41) is 6.87. The number of anilines is 2. The van der Waals surface area contributed by atoms with E-state index in [4.69, 9.17) is 0 Å². The second-order valence-corrected chi connectivity index (χ2v) is 6.52. The smallest absolute Gasteiger partial charge is 0.134 e. The van der Waals surface area contributed by atoms with Gasteiger partial charge in [-0.25, -0.2) is 9.97 Å². The average Bonchev–Trinajstić information content (AvgIpc) is 2.37. The van der Waals surface area contributed by atoms with E-state index >= 15 is 0 Å². The van der Waals surface area contributed by atoms with Gasteiger partial charge in [0.15, 0.2) is 0 Å². The Morgan fingerprint density at radius 2 is 1.60 bits per heavy atom. The topological polar surface area (TPSA) is 49.8 Å². The van der Waals surface area contributed by atoms with Gasteiger partial charge in [-0.05, 0) is 31.6 Å². The molecule has 114 valence electrons. The van der Waals surface area contributed by atoms with E-state index in [9.17, 15) is 0 Å². The van der Waals surface area contributed by atoms with Crippen molar-refractivity contribution in [2.24, 2.45) is 11.3 Å². The van der Waals surface area contributed by atoms with E-state index in [0.29, 0.717) is 5.92 Å². The van der Waals surface area contributed by atoms with Crippen molar-refractivity contribution >= 4 is 11.6 Å². The van der Waals surface area contributed by atoms with Crippen LogP contribution in [-0.2, 0) is 0 Å². The Bertz CT molecular complexity index is 438. The van der Waals surface area contributed by atoms with E-state index < -0.39 is 0 Å². The van der Waals surface area contributed by atoms with Gasteiger partial charge in [-0.3, -0.25) is 0 Å². The molecule has 1 aromatic rings. The molecule has 0 unspecified atom stereocenters. The van der Waals surface area contributed by atoms with Crippen LogP contribution >= 0.6 is 0 Å². The van der Waals surface area contributed by atoms with Crippen molar-refractivity contribution in [3.8, 4) is 0 Å². The van der Waals surface area contributed by atoms with E-state index in [0.717, 1.165) is 42.5 Å². The zero-order chi connectivity index (χ0) is 15.3. The van der Waals surface area contributed by atoms with Crippen molar-refractivity contribution in [2.75, 3.05) is 23.7 Å². The maximum atomic E-state index is 4.54. The fourth-order valence-electron chi connectivity index (χ4n) is 1.73. The minimum atomic E-state index is 0.238. The van der Waals surface area contributed by atoms with E-state index in [-0.39, 0.29) is 5.41 Å². The van der Waals surface area contributed by atoms with Gasteiger partial charge < -0.3 is 10.6 Å². The Labute approximate surface area is 123 Å². The number of nitrogens with zero attached hydrogens (tertiary/aromatic N) is 2. The summed E-state index contributed by atoms with van der Waals surface area (Å²) in [5.41, 5.74) is 1.34. The lowest BCUT2D eigenvalue weighted by Crippen LogP contribution is -2.29. The average molecular weight is 278 g/mol. The first kappa shape index (κ1) is 16.7. The molecule has 0 saturated carbocycles. The summed E-state index contributed by atoms with van der Waals surface area (Å²) in [6.07, 6.45) is 1.09. The predicted octanol–water partition coefficient (Wildman–Crippen LogP) is 4.01. The summed E-state index contributed by atoms with van der Waals surface area (Å²) in [6, 6.07) is 0. The van der Waals surface area contributed by atoms with Gasteiger partial charge >= 0.3 is 0 Å². The Kier molecular flexibility index (Phi) is 5.78.